The highest BCUT2D eigenvalue weighted by molar-refractivity contribution is 7.18. The van der Waals surface area contributed by atoms with E-state index in [0.717, 1.165) is 35.5 Å². The van der Waals surface area contributed by atoms with Crippen LogP contribution >= 0.6 is 36.2 Å². The molecule has 1 amide bonds. The second-order valence-electron chi connectivity index (χ2n) is 6.49. The first-order valence-corrected chi connectivity index (χ1v) is 9.49. The lowest BCUT2D eigenvalue weighted by Gasteiger charge is -2.24. The molecule has 144 valence electrons. The van der Waals surface area contributed by atoms with Gasteiger partial charge in [0.1, 0.15) is 5.01 Å². The van der Waals surface area contributed by atoms with Crippen molar-refractivity contribution in [1.82, 2.24) is 9.88 Å². The Morgan fingerprint density at radius 2 is 1.85 bits per heavy atom. The van der Waals surface area contributed by atoms with Gasteiger partial charge < -0.3 is 10.6 Å². The Kier molecular flexibility index (Phi) is 7.62. The molecule has 2 heterocycles. The number of halogens is 2. The molecule has 2 unspecified atom stereocenters. The van der Waals surface area contributed by atoms with E-state index in [2.05, 4.69) is 6.07 Å². The number of aromatic nitrogens is 1. The van der Waals surface area contributed by atoms with Crippen molar-refractivity contribution in [2.24, 2.45) is 5.73 Å². The van der Waals surface area contributed by atoms with E-state index in [9.17, 15) is 4.79 Å². The fourth-order valence-electron chi connectivity index (χ4n) is 3.48. The van der Waals surface area contributed by atoms with Crippen LogP contribution in [0, 0.1) is 0 Å². The van der Waals surface area contributed by atoms with Crippen LogP contribution in [0.3, 0.4) is 0 Å². The normalized spacial score (nSPS) is 17.2. The molecular weight excluding hydrogens is 401 g/mol. The maximum absolute atomic E-state index is 12.9. The van der Waals surface area contributed by atoms with Gasteiger partial charge in [0.05, 0.1) is 16.3 Å². The minimum absolute atomic E-state index is 0. The van der Waals surface area contributed by atoms with Crippen molar-refractivity contribution in [2.45, 2.75) is 31.3 Å². The van der Waals surface area contributed by atoms with Crippen LogP contribution in [0.1, 0.15) is 41.9 Å². The maximum Gasteiger partial charge on any atom is 0.225 e. The van der Waals surface area contributed by atoms with E-state index in [0.29, 0.717) is 6.42 Å². The van der Waals surface area contributed by atoms with Crippen LogP contribution in [0.15, 0.2) is 54.6 Å². The summed E-state index contributed by atoms with van der Waals surface area (Å²) in [5, 5.41) is 1.04. The van der Waals surface area contributed by atoms with Gasteiger partial charge in [-0.15, -0.1) is 36.2 Å². The number of hydrogen-bond acceptors (Lipinski definition) is 4. The molecule has 4 nitrogen and oxygen atoms in total. The number of benzene rings is 2. The molecule has 3 aromatic rings. The Balaban J connectivity index is 0.00000131. The Hall–Kier alpha value is -1.66. The van der Waals surface area contributed by atoms with E-state index >= 15 is 0 Å². The summed E-state index contributed by atoms with van der Waals surface area (Å²) in [5.41, 5.74) is 8.27. The zero-order valence-corrected chi connectivity index (χ0v) is 17.2. The van der Waals surface area contributed by atoms with Crippen LogP contribution in [0.25, 0.3) is 10.2 Å². The Morgan fingerprint density at radius 3 is 2.59 bits per heavy atom. The van der Waals surface area contributed by atoms with Crippen LogP contribution in [0.5, 0.6) is 0 Å². The van der Waals surface area contributed by atoms with Crippen LogP contribution in [-0.4, -0.2) is 22.3 Å². The number of nitrogens with zero attached hydrogens (tertiary/aromatic N) is 2. The van der Waals surface area contributed by atoms with E-state index < -0.39 is 0 Å². The summed E-state index contributed by atoms with van der Waals surface area (Å²) >= 11 is 1.69. The zero-order valence-electron chi connectivity index (χ0n) is 14.8. The maximum atomic E-state index is 12.9. The van der Waals surface area contributed by atoms with Gasteiger partial charge in [-0.05, 0) is 30.5 Å². The van der Waals surface area contributed by atoms with E-state index in [-0.39, 0.29) is 42.8 Å². The average Bonchev–Trinajstić information content (AvgIpc) is 3.28. The van der Waals surface area contributed by atoms with Gasteiger partial charge in [-0.3, -0.25) is 4.79 Å². The number of rotatable bonds is 4. The lowest BCUT2D eigenvalue weighted by molar-refractivity contribution is -0.132. The molecule has 27 heavy (non-hydrogen) atoms. The first kappa shape index (κ1) is 21.6. The third kappa shape index (κ3) is 4.61. The van der Waals surface area contributed by atoms with Crippen molar-refractivity contribution >= 4 is 52.3 Å². The summed E-state index contributed by atoms with van der Waals surface area (Å²) in [4.78, 5) is 19.6. The van der Waals surface area contributed by atoms with Crippen molar-refractivity contribution in [3.05, 3.63) is 65.2 Å². The predicted molar refractivity (Wildman–Crippen MR) is 116 cm³/mol. The van der Waals surface area contributed by atoms with E-state index in [1.807, 2.05) is 53.4 Å². The summed E-state index contributed by atoms with van der Waals surface area (Å²) in [6.07, 6.45) is 2.34. The highest BCUT2D eigenvalue weighted by atomic mass is 35.5. The molecule has 0 radical (unpaired) electrons. The van der Waals surface area contributed by atoms with Crippen molar-refractivity contribution < 1.29 is 4.79 Å². The minimum Gasteiger partial charge on any atom is -0.333 e. The number of nitrogens with two attached hydrogens (primary N) is 1. The zero-order chi connectivity index (χ0) is 17.2. The molecular formula is C20H23Cl2N3OS. The third-order valence-electron chi connectivity index (χ3n) is 4.79. The average molecular weight is 424 g/mol. The monoisotopic (exact) mass is 423 g/mol. The Labute approximate surface area is 175 Å². The number of amides is 1. The molecule has 1 aliphatic rings. The van der Waals surface area contributed by atoms with E-state index in [4.69, 9.17) is 10.7 Å². The minimum atomic E-state index is -0.259. The molecule has 4 rings (SSSR count). The molecule has 2 aromatic carbocycles. The van der Waals surface area contributed by atoms with Crippen LogP contribution in [0.2, 0.25) is 0 Å². The van der Waals surface area contributed by atoms with Crippen LogP contribution < -0.4 is 5.73 Å². The number of fused-ring (bicyclic) bond motifs is 1. The summed E-state index contributed by atoms with van der Waals surface area (Å²) in [6, 6.07) is 17.8. The van der Waals surface area contributed by atoms with Crippen molar-refractivity contribution in [3.8, 4) is 0 Å². The number of hydrogen-bond donors (Lipinski definition) is 1. The summed E-state index contributed by atoms with van der Waals surface area (Å²) < 4.78 is 1.18. The number of likely N-dealkylation sites (tertiary alicyclic amines) is 1. The molecule has 1 aromatic heterocycles. The molecule has 1 saturated heterocycles. The number of carbonyl (C=O) groups excluding carboxylic acids is 1. The number of thiazole rings is 1. The van der Waals surface area contributed by atoms with Crippen LogP contribution in [-0.2, 0) is 4.79 Å². The highest BCUT2D eigenvalue weighted by Crippen LogP contribution is 2.37. The molecule has 0 spiro atoms. The van der Waals surface area contributed by atoms with Gasteiger partial charge in [-0.25, -0.2) is 4.98 Å². The first-order valence-electron chi connectivity index (χ1n) is 8.68. The summed E-state index contributed by atoms with van der Waals surface area (Å²) in [5.74, 6) is 0.123. The van der Waals surface area contributed by atoms with Gasteiger partial charge in [0.25, 0.3) is 0 Å². The Bertz CT molecular complexity index is 854. The lowest BCUT2D eigenvalue weighted by Crippen LogP contribution is -2.32. The quantitative estimate of drug-likeness (QED) is 0.649. The van der Waals surface area contributed by atoms with Crippen molar-refractivity contribution in [2.75, 3.05) is 6.54 Å². The summed E-state index contributed by atoms with van der Waals surface area (Å²) in [6.45, 7) is 0.793. The van der Waals surface area contributed by atoms with Gasteiger partial charge in [0, 0.05) is 19.0 Å². The molecule has 0 aliphatic carbocycles. The van der Waals surface area contributed by atoms with Crippen molar-refractivity contribution in [1.29, 1.82) is 0 Å². The lowest BCUT2D eigenvalue weighted by atomic mass is 10.0. The summed E-state index contributed by atoms with van der Waals surface area (Å²) in [7, 11) is 0. The predicted octanol–water partition coefficient (Wildman–Crippen LogP) is 4.89. The molecule has 2 N–H and O–H groups in total. The van der Waals surface area contributed by atoms with Gasteiger partial charge in [0.15, 0.2) is 0 Å². The third-order valence-corrected chi connectivity index (χ3v) is 5.93. The first-order chi connectivity index (χ1) is 12.2. The highest BCUT2D eigenvalue weighted by Gasteiger charge is 2.32. The van der Waals surface area contributed by atoms with Gasteiger partial charge in [-0.2, -0.15) is 0 Å². The standard InChI is InChI=1S/C20H21N3OS.2ClH/c21-15(14-7-2-1-3-8-14)13-19(24)23-12-6-10-17(23)20-22-16-9-4-5-11-18(16)25-20;;/h1-5,7-9,11,15,17H,6,10,12-13,21H2;2*1H. The number of para-hydroxylation sites is 1. The molecule has 1 fully saturated rings. The molecule has 2 atom stereocenters. The molecule has 7 heteroatoms. The number of carbonyl (C=O) groups is 1. The smallest absolute Gasteiger partial charge is 0.225 e. The second-order valence-corrected chi connectivity index (χ2v) is 7.55. The fourth-order valence-corrected chi connectivity index (χ4v) is 4.59. The molecule has 0 saturated carbocycles. The fraction of sp³-hybridized carbons (Fsp3) is 0.300. The largest absolute Gasteiger partial charge is 0.333 e. The van der Waals surface area contributed by atoms with Crippen molar-refractivity contribution in [3.63, 3.8) is 0 Å². The van der Waals surface area contributed by atoms with Gasteiger partial charge in [-0.1, -0.05) is 42.5 Å². The van der Waals surface area contributed by atoms with E-state index in [1.54, 1.807) is 11.3 Å². The van der Waals surface area contributed by atoms with E-state index in [1.165, 1.54) is 4.70 Å². The topological polar surface area (TPSA) is 59.2 Å². The Morgan fingerprint density at radius 1 is 1.15 bits per heavy atom. The van der Waals surface area contributed by atoms with Crippen LogP contribution in [0.4, 0.5) is 0 Å². The SMILES string of the molecule is Cl.Cl.NC(CC(=O)N1CCCC1c1nc2ccccc2s1)c1ccccc1. The molecule has 0 bridgehead atoms. The van der Waals surface area contributed by atoms with Gasteiger partial charge >= 0.3 is 0 Å². The molecule has 1 aliphatic heterocycles. The van der Waals surface area contributed by atoms with Gasteiger partial charge in [0.2, 0.25) is 5.91 Å². The second kappa shape index (κ2) is 9.51.